The zero-order chi connectivity index (χ0) is 14.6. The van der Waals surface area contributed by atoms with Crippen LogP contribution < -0.4 is 10.1 Å². The normalized spacial score (nSPS) is 16.1. The summed E-state index contributed by atoms with van der Waals surface area (Å²) in [6.45, 7) is 9.00. The Kier molecular flexibility index (Phi) is 4.65. The van der Waals surface area contributed by atoms with E-state index in [2.05, 4.69) is 18.3 Å². The van der Waals surface area contributed by atoms with E-state index in [4.69, 9.17) is 4.74 Å². The maximum absolute atomic E-state index is 12.6. The maximum Gasteiger partial charge on any atom is 0.266 e. The Balaban J connectivity index is 2.06. The first-order valence-electron chi connectivity index (χ1n) is 7.31. The third-order valence-electron chi connectivity index (χ3n) is 3.60. The number of carbonyl (C=O) groups excluding carboxylic acids is 1. The van der Waals surface area contributed by atoms with Crippen LogP contribution in [-0.4, -0.2) is 42.6 Å². The number of hydrogen-bond acceptors (Lipinski definition) is 3. The molecular formula is C16H24N2O2. The Labute approximate surface area is 121 Å². The summed E-state index contributed by atoms with van der Waals surface area (Å²) in [5, 5.41) is 3.25. The van der Waals surface area contributed by atoms with Crippen LogP contribution >= 0.6 is 0 Å². The lowest BCUT2D eigenvalue weighted by molar-refractivity contribution is -0.146. The summed E-state index contributed by atoms with van der Waals surface area (Å²) in [7, 11) is 0. The topological polar surface area (TPSA) is 41.6 Å². The van der Waals surface area contributed by atoms with Crippen LogP contribution in [0, 0.1) is 0 Å². The van der Waals surface area contributed by atoms with Crippen molar-refractivity contribution < 1.29 is 9.53 Å². The SMILES string of the molecule is CCc1cccc(OC(C)(C)C(=O)N2CCNCC2)c1. The molecule has 0 atom stereocenters. The summed E-state index contributed by atoms with van der Waals surface area (Å²) >= 11 is 0. The molecule has 0 aliphatic carbocycles. The van der Waals surface area contributed by atoms with Gasteiger partial charge in [0.05, 0.1) is 0 Å². The molecule has 20 heavy (non-hydrogen) atoms. The van der Waals surface area contributed by atoms with Gasteiger partial charge in [0, 0.05) is 26.2 Å². The molecule has 1 aliphatic heterocycles. The molecule has 1 aromatic carbocycles. The molecular weight excluding hydrogens is 252 g/mol. The summed E-state index contributed by atoms with van der Waals surface area (Å²) in [4.78, 5) is 14.4. The minimum Gasteiger partial charge on any atom is -0.478 e. The highest BCUT2D eigenvalue weighted by Gasteiger charge is 2.34. The van der Waals surface area contributed by atoms with Gasteiger partial charge in [-0.2, -0.15) is 0 Å². The van der Waals surface area contributed by atoms with E-state index in [0.29, 0.717) is 0 Å². The lowest BCUT2D eigenvalue weighted by Gasteiger charge is -2.34. The predicted molar refractivity (Wildman–Crippen MR) is 80.0 cm³/mol. The molecule has 4 nitrogen and oxygen atoms in total. The summed E-state index contributed by atoms with van der Waals surface area (Å²) < 4.78 is 5.95. The van der Waals surface area contributed by atoms with Gasteiger partial charge in [-0.05, 0) is 38.0 Å². The molecule has 0 radical (unpaired) electrons. The van der Waals surface area contributed by atoms with Crippen molar-refractivity contribution in [2.75, 3.05) is 26.2 Å². The molecule has 1 aromatic rings. The van der Waals surface area contributed by atoms with Crippen molar-refractivity contribution in [3.63, 3.8) is 0 Å². The molecule has 0 spiro atoms. The van der Waals surface area contributed by atoms with Crippen molar-refractivity contribution in [1.29, 1.82) is 0 Å². The first kappa shape index (κ1) is 14.9. The molecule has 1 aliphatic rings. The van der Waals surface area contributed by atoms with Crippen LogP contribution in [0.1, 0.15) is 26.3 Å². The second-order valence-corrected chi connectivity index (χ2v) is 5.66. The highest BCUT2D eigenvalue weighted by molar-refractivity contribution is 5.85. The number of ether oxygens (including phenoxy) is 1. The van der Waals surface area contributed by atoms with Gasteiger partial charge >= 0.3 is 0 Å². The van der Waals surface area contributed by atoms with Gasteiger partial charge in [0.1, 0.15) is 5.75 Å². The molecule has 0 aromatic heterocycles. The van der Waals surface area contributed by atoms with Crippen LogP contribution in [0.3, 0.4) is 0 Å². The van der Waals surface area contributed by atoms with E-state index < -0.39 is 5.60 Å². The van der Waals surface area contributed by atoms with E-state index in [1.807, 2.05) is 36.9 Å². The number of rotatable bonds is 4. The smallest absolute Gasteiger partial charge is 0.266 e. The molecule has 110 valence electrons. The van der Waals surface area contributed by atoms with Crippen molar-refractivity contribution >= 4 is 5.91 Å². The first-order chi connectivity index (χ1) is 9.53. The van der Waals surface area contributed by atoms with Crippen LogP contribution in [0.25, 0.3) is 0 Å². The number of nitrogens with zero attached hydrogens (tertiary/aromatic N) is 1. The second-order valence-electron chi connectivity index (χ2n) is 5.66. The quantitative estimate of drug-likeness (QED) is 0.912. The summed E-state index contributed by atoms with van der Waals surface area (Å²) in [5.41, 5.74) is 0.386. The molecule has 1 saturated heterocycles. The van der Waals surface area contributed by atoms with Gasteiger partial charge in [-0.1, -0.05) is 19.1 Å². The molecule has 1 N–H and O–H groups in total. The molecule has 1 amide bonds. The van der Waals surface area contributed by atoms with Gasteiger partial charge in [0.25, 0.3) is 5.91 Å². The summed E-state index contributed by atoms with van der Waals surface area (Å²) in [6, 6.07) is 7.95. The van der Waals surface area contributed by atoms with Crippen LogP contribution in [0.2, 0.25) is 0 Å². The van der Waals surface area contributed by atoms with Gasteiger partial charge in [0.15, 0.2) is 5.60 Å². The standard InChI is InChI=1S/C16H24N2O2/c1-4-13-6-5-7-14(12-13)20-16(2,3)15(19)18-10-8-17-9-11-18/h5-7,12,17H,4,8-11H2,1-3H3. The maximum atomic E-state index is 12.6. The monoisotopic (exact) mass is 276 g/mol. The molecule has 1 heterocycles. The van der Waals surface area contributed by atoms with E-state index in [1.165, 1.54) is 5.56 Å². The Morgan fingerprint density at radius 3 is 2.70 bits per heavy atom. The number of piperazine rings is 1. The second kappa shape index (κ2) is 6.27. The van der Waals surface area contributed by atoms with E-state index in [-0.39, 0.29) is 5.91 Å². The van der Waals surface area contributed by atoms with Crippen molar-refractivity contribution in [3.05, 3.63) is 29.8 Å². The Morgan fingerprint density at radius 2 is 2.05 bits per heavy atom. The number of benzene rings is 1. The van der Waals surface area contributed by atoms with Crippen LogP contribution in [0.15, 0.2) is 24.3 Å². The van der Waals surface area contributed by atoms with Crippen LogP contribution in [0.4, 0.5) is 0 Å². The number of nitrogens with one attached hydrogen (secondary N) is 1. The van der Waals surface area contributed by atoms with Crippen LogP contribution in [0.5, 0.6) is 5.75 Å². The number of hydrogen-bond donors (Lipinski definition) is 1. The van der Waals surface area contributed by atoms with Crippen molar-refractivity contribution in [3.8, 4) is 5.75 Å². The van der Waals surface area contributed by atoms with Crippen molar-refractivity contribution in [2.45, 2.75) is 32.8 Å². The lowest BCUT2D eigenvalue weighted by Crippen LogP contribution is -2.54. The summed E-state index contributed by atoms with van der Waals surface area (Å²) in [5.74, 6) is 0.818. The van der Waals surface area contributed by atoms with E-state index in [1.54, 1.807) is 0 Å². The van der Waals surface area contributed by atoms with Crippen LogP contribution in [-0.2, 0) is 11.2 Å². The van der Waals surface area contributed by atoms with Gasteiger partial charge < -0.3 is 15.0 Å². The van der Waals surface area contributed by atoms with E-state index in [0.717, 1.165) is 38.3 Å². The highest BCUT2D eigenvalue weighted by atomic mass is 16.5. The first-order valence-corrected chi connectivity index (χ1v) is 7.31. The fourth-order valence-corrected chi connectivity index (χ4v) is 2.42. The van der Waals surface area contributed by atoms with Crippen molar-refractivity contribution in [2.24, 2.45) is 0 Å². The molecule has 2 rings (SSSR count). The third kappa shape index (κ3) is 3.51. The largest absolute Gasteiger partial charge is 0.478 e. The van der Waals surface area contributed by atoms with Crippen molar-refractivity contribution in [1.82, 2.24) is 10.2 Å². The highest BCUT2D eigenvalue weighted by Crippen LogP contribution is 2.22. The van der Waals surface area contributed by atoms with Gasteiger partial charge in [-0.25, -0.2) is 0 Å². The van der Waals surface area contributed by atoms with Gasteiger partial charge in [0.2, 0.25) is 0 Å². The van der Waals surface area contributed by atoms with E-state index in [9.17, 15) is 4.79 Å². The zero-order valence-electron chi connectivity index (χ0n) is 12.6. The number of amides is 1. The third-order valence-corrected chi connectivity index (χ3v) is 3.60. The molecule has 0 bridgehead atoms. The minimum atomic E-state index is -0.830. The lowest BCUT2D eigenvalue weighted by atomic mass is 10.1. The molecule has 4 heteroatoms. The zero-order valence-corrected chi connectivity index (χ0v) is 12.6. The fraction of sp³-hybridized carbons (Fsp3) is 0.562. The predicted octanol–water partition coefficient (Wildman–Crippen LogP) is 1.84. The summed E-state index contributed by atoms with van der Waals surface area (Å²) in [6.07, 6.45) is 0.962. The van der Waals surface area contributed by atoms with E-state index >= 15 is 0 Å². The van der Waals surface area contributed by atoms with Gasteiger partial charge in [-0.15, -0.1) is 0 Å². The Bertz CT molecular complexity index is 465. The number of aryl methyl sites for hydroxylation is 1. The molecule has 0 saturated carbocycles. The van der Waals surface area contributed by atoms with Gasteiger partial charge in [-0.3, -0.25) is 4.79 Å². The fourth-order valence-electron chi connectivity index (χ4n) is 2.42. The average Bonchev–Trinajstić information content (AvgIpc) is 2.47. The molecule has 1 fully saturated rings. The Hall–Kier alpha value is -1.55. The average molecular weight is 276 g/mol. The number of carbonyl (C=O) groups is 1. The minimum absolute atomic E-state index is 0.0564. The Morgan fingerprint density at radius 1 is 1.35 bits per heavy atom. The molecule has 0 unspecified atom stereocenters.